The molecule has 0 aliphatic carbocycles. The summed E-state index contributed by atoms with van der Waals surface area (Å²) >= 11 is 0. The molecule has 4 aromatic rings. The van der Waals surface area contributed by atoms with Crippen LogP contribution >= 0.6 is 0 Å². The van der Waals surface area contributed by atoms with Crippen LogP contribution in [0.3, 0.4) is 0 Å². The Morgan fingerprint density at radius 1 is 1.06 bits per heavy atom. The average molecular weight is 420 g/mol. The molecule has 0 saturated carbocycles. The molecule has 0 bridgehead atoms. The summed E-state index contributed by atoms with van der Waals surface area (Å²) in [5.74, 6) is -0.304. The maximum absolute atomic E-state index is 12.7. The summed E-state index contributed by atoms with van der Waals surface area (Å²) in [6, 6.07) is 11.1. The number of amides is 1. The van der Waals surface area contributed by atoms with Crippen LogP contribution in [-0.2, 0) is 6.54 Å². The lowest BCUT2D eigenvalue weighted by molar-refractivity contribution is 0.0949. The fourth-order valence-electron chi connectivity index (χ4n) is 2.86. The lowest BCUT2D eigenvalue weighted by Crippen LogP contribution is -2.40. The van der Waals surface area contributed by atoms with Crippen molar-refractivity contribution in [3.8, 4) is 11.5 Å². The van der Waals surface area contributed by atoms with Crippen LogP contribution in [0.5, 0.6) is 0 Å². The van der Waals surface area contributed by atoms with Gasteiger partial charge in [-0.2, -0.15) is 5.10 Å². The van der Waals surface area contributed by atoms with Gasteiger partial charge in [-0.1, -0.05) is 18.2 Å². The molecule has 156 valence electrons. The van der Waals surface area contributed by atoms with Gasteiger partial charge < -0.3 is 10.3 Å². The molecule has 12 nitrogen and oxygen atoms in total. The maximum atomic E-state index is 12.7. The van der Waals surface area contributed by atoms with E-state index >= 15 is 0 Å². The third-order valence-electron chi connectivity index (χ3n) is 4.35. The van der Waals surface area contributed by atoms with Gasteiger partial charge in [-0.15, -0.1) is 5.10 Å². The third kappa shape index (κ3) is 4.07. The number of hydrogen-bond acceptors (Lipinski definition) is 7. The zero-order valence-electron chi connectivity index (χ0n) is 16.0. The molecule has 0 unspecified atom stereocenters. The van der Waals surface area contributed by atoms with Gasteiger partial charge in [0, 0.05) is 18.8 Å². The van der Waals surface area contributed by atoms with Crippen molar-refractivity contribution in [1.82, 2.24) is 39.4 Å². The Bertz CT molecular complexity index is 1390. The Labute approximate surface area is 173 Å². The van der Waals surface area contributed by atoms with E-state index in [4.69, 9.17) is 0 Å². The first-order chi connectivity index (χ1) is 15.0. The highest BCUT2D eigenvalue weighted by Crippen LogP contribution is 2.01. The zero-order chi connectivity index (χ0) is 21.8. The second-order valence-electron chi connectivity index (χ2n) is 6.33. The summed E-state index contributed by atoms with van der Waals surface area (Å²) in [6.45, 7) is 0.0831. The van der Waals surface area contributed by atoms with Gasteiger partial charge in [0.05, 0.1) is 12.2 Å². The smallest absolute Gasteiger partial charge is 0.333 e. The van der Waals surface area contributed by atoms with Crippen molar-refractivity contribution in [3.05, 3.63) is 98.1 Å². The van der Waals surface area contributed by atoms with Crippen LogP contribution in [0.2, 0.25) is 0 Å². The molecule has 2 N–H and O–H groups in total. The first-order valence-electron chi connectivity index (χ1n) is 9.16. The molecule has 0 aliphatic rings. The molecule has 1 aromatic carbocycles. The molecule has 0 fully saturated rings. The van der Waals surface area contributed by atoms with E-state index in [-0.39, 0.29) is 24.2 Å². The van der Waals surface area contributed by atoms with Crippen LogP contribution < -0.4 is 22.1 Å². The van der Waals surface area contributed by atoms with E-state index in [0.29, 0.717) is 11.5 Å². The summed E-state index contributed by atoms with van der Waals surface area (Å²) in [5, 5.41) is 10.7. The van der Waals surface area contributed by atoms with Crippen molar-refractivity contribution in [1.29, 1.82) is 0 Å². The summed E-state index contributed by atoms with van der Waals surface area (Å²) in [5.41, 5.74) is -1.68. The molecular weight excluding hydrogens is 404 g/mol. The molecule has 31 heavy (non-hydrogen) atoms. The quantitative estimate of drug-likeness (QED) is 0.410. The van der Waals surface area contributed by atoms with E-state index in [0.717, 1.165) is 15.4 Å². The molecule has 0 spiro atoms. The summed E-state index contributed by atoms with van der Waals surface area (Å²) in [4.78, 5) is 55.6. The number of aromatic amines is 1. The van der Waals surface area contributed by atoms with Crippen LogP contribution in [0.15, 0.2) is 75.7 Å². The van der Waals surface area contributed by atoms with Crippen LogP contribution in [0, 0.1) is 0 Å². The predicted octanol–water partition coefficient (Wildman–Crippen LogP) is -0.907. The molecule has 12 heteroatoms. The number of aromatic nitrogens is 7. The second kappa shape index (κ2) is 8.41. The van der Waals surface area contributed by atoms with E-state index in [2.05, 4.69) is 25.5 Å². The number of carbonyl (C=O) groups excluding carboxylic acids is 1. The van der Waals surface area contributed by atoms with Crippen LogP contribution in [-0.4, -0.2) is 46.5 Å². The maximum Gasteiger partial charge on any atom is 0.333 e. The largest absolute Gasteiger partial charge is 0.350 e. The van der Waals surface area contributed by atoms with E-state index in [9.17, 15) is 19.2 Å². The van der Waals surface area contributed by atoms with Gasteiger partial charge in [0.2, 0.25) is 0 Å². The monoisotopic (exact) mass is 420 g/mol. The standard InChI is InChI=1S/C19H16N8O4/c28-16-7-6-15(26-12-20-11-23-26)24-25(16)9-8-21-17(29)14-10-22-19(31)27(18(14)30)13-4-2-1-3-5-13/h1-7,10-12H,8-9H2,(H,21,29)(H,22,31). The minimum Gasteiger partial charge on any atom is -0.350 e. The fourth-order valence-corrected chi connectivity index (χ4v) is 2.86. The van der Waals surface area contributed by atoms with Gasteiger partial charge in [0.25, 0.3) is 17.0 Å². The molecular formula is C19H16N8O4. The lowest BCUT2D eigenvalue weighted by Gasteiger charge is -2.09. The van der Waals surface area contributed by atoms with Gasteiger partial charge in [0.15, 0.2) is 5.82 Å². The molecule has 0 aliphatic heterocycles. The molecule has 3 heterocycles. The lowest BCUT2D eigenvalue weighted by atomic mass is 10.2. The normalized spacial score (nSPS) is 10.7. The van der Waals surface area contributed by atoms with E-state index in [1.54, 1.807) is 30.3 Å². The Balaban J connectivity index is 1.51. The number of nitrogens with zero attached hydrogens (tertiary/aromatic N) is 6. The van der Waals surface area contributed by atoms with Crippen LogP contribution in [0.25, 0.3) is 11.5 Å². The van der Waals surface area contributed by atoms with Crippen molar-refractivity contribution in [3.63, 3.8) is 0 Å². The van der Waals surface area contributed by atoms with Gasteiger partial charge in [-0.25, -0.2) is 23.7 Å². The number of hydrogen-bond donors (Lipinski definition) is 2. The molecule has 0 radical (unpaired) electrons. The number of nitrogens with one attached hydrogen (secondary N) is 2. The molecule has 0 atom stereocenters. The Hall–Kier alpha value is -4.61. The molecule has 4 rings (SSSR count). The molecule has 1 amide bonds. The first-order valence-corrected chi connectivity index (χ1v) is 9.16. The summed E-state index contributed by atoms with van der Waals surface area (Å²) < 4.78 is 3.43. The van der Waals surface area contributed by atoms with Gasteiger partial charge >= 0.3 is 5.69 Å². The number of rotatable bonds is 6. The van der Waals surface area contributed by atoms with Crippen molar-refractivity contribution < 1.29 is 4.79 Å². The second-order valence-corrected chi connectivity index (χ2v) is 6.33. The van der Waals surface area contributed by atoms with Gasteiger partial charge in [0.1, 0.15) is 18.2 Å². The highest BCUT2D eigenvalue weighted by molar-refractivity contribution is 5.93. The molecule has 3 aromatic heterocycles. The van der Waals surface area contributed by atoms with Gasteiger partial charge in [-0.3, -0.25) is 14.4 Å². The predicted molar refractivity (Wildman–Crippen MR) is 108 cm³/mol. The minimum atomic E-state index is -0.754. The Morgan fingerprint density at radius 2 is 1.87 bits per heavy atom. The number of H-pyrrole nitrogens is 1. The zero-order valence-corrected chi connectivity index (χ0v) is 16.0. The Morgan fingerprint density at radius 3 is 2.61 bits per heavy atom. The van der Waals surface area contributed by atoms with E-state index in [1.165, 1.54) is 29.5 Å². The summed E-state index contributed by atoms with van der Waals surface area (Å²) in [6.07, 6.45) is 3.84. The first kappa shape index (κ1) is 19.7. The fraction of sp³-hybridized carbons (Fsp3) is 0.105. The Kier molecular flexibility index (Phi) is 5.34. The minimum absolute atomic E-state index is 0.0243. The SMILES string of the molecule is O=C(NCCn1nc(-n2cncn2)ccc1=O)c1c[nH]c(=O)n(-c2ccccc2)c1=O. The van der Waals surface area contributed by atoms with E-state index in [1.807, 2.05) is 0 Å². The topological polar surface area (TPSA) is 150 Å². The van der Waals surface area contributed by atoms with Crippen molar-refractivity contribution in [2.45, 2.75) is 6.54 Å². The van der Waals surface area contributed by atoms with Crippen LogP contribution in [0.1, 0.15) is 10.4 Å². The number of benzene rings is 1. The van der Waals surface area contributed by atoms with Crippen LogP contribution in [0.4, 0.5) is 0 Å². The van der Waals surface area contributed by atoms with Crippen molar-refractivity contribution in [2.75, 3.05) is 6.54 Å². The van der Waals surface area contributed by atoms with Crippen molar-refractivity contribution >= 4 is 5.91 Å². The average Bonchev–Trinajstić information content (AvgIpc) is 3.31. The van der Waals surface area contributed by atoms with E-state index < -0.39 is 17.2 Å². The third-order valence-corrected chi connectivity index (χ3v) is 4.35. The number of carbonyl (C=O) groups is 1. The molecule has 0 saturated heterocycles. The number of para-hydroxylation sites is 1. The van der Waals surface area contributed by atoms with Crippen molar-refractivity contribution in [2.24, 2.45) is 0 Å². The van der Waals surface area contributed by atoms with Gasteiger partial charge in [-0.05, 0) is 18.2 Å². The summed E-state index contributed by atoms with van der Waals surface area (Å²) in [7, 11) is 0. The highest BCUT2D eigenvalue weighted by Gasteiger charge is 2.15. The highest BCUT2D eigenvalue weighted by atomic mass is 16.2.